The van der Waals surface area contributed by atoms with Crippen LogP contribution in [0.3, 0.4) is 0 Å². The summed E-state index contributed by atoms with van der Waals surface area (Å²) in [7, 11) is 0. The van der Waals surface area contributed by atoms with Crippen molar-refractivity contribution >= 4 is 5.69 Å². The molecule has 2 atom stereocenters. The molecule has 4 heteroatoms. The molecule has 1 aliphatic heterocycles. The summed E-state index contributed by atoms with van der Waals surface area (Å²) in [5, 5.41) is 28.6. The zero-order chi connectivity index (χ0) is 13.7. The van der Waals surface area contributed by atoms with Gasteiger partial charge in [-0.2, -0.15) is 0 Å². The van der Waals surface area contributed by atoms with E-state index in [1.807, 2.05) is 24.3 Å². The highest BCUT2D eigenvalue weighted by molar-refractivity contribution is 5.49. The monoisotopic (exact) mass is 265 g/mol. The molecule has 19 heavy (non-hydrogen) atoms. The lowest BCUT2D eigenvalue weighted by Gasteiger charge is -2.29. The van der Waals surface area contributed by atoms with Crippen LogP contribution in [-0.2, 0) is 0 Å². The van der Waals surface area contributed by atoms with Gasteiger partial charge < -0.3 is 20.2 Å². The summed E-state index contributed by atoms with van der Waals surface area (Å²) >= 11 is 0. The van der Waals surface area contributed by atoms with Crippen LogP contribution < -0.4 is 4.90 Å². The number of piperidine rings is 1. The Bertz CT molecular complexity index is 391. The van der Waals surface area contributed by atoms with E-state index in [2.05, 4.69) is 4.90 Å². The molecule has 1 aromatic rings. The Morgan fingerprint density at radius 3 is 2.53 bits per heavy atom. The third-order valence-corrected chi connectivity index (χ3v) is 3.72. The Labute approximate surface area is 114 Å². The Kier molecular flexibility index (Phi) is 5.19. The Balaban J connectivity index is 2.09. The second-order valence-corrected chi connectivity index (χ2v) is 5.17. The van der Waals surface area contributed by atoms with Gasteiger partial charge in [0, 0.05) is 25.4 Å². The van der Waals surface area contributed by atoms with Crippen molar-refractivity contribution in [3.8, 4) is 0 Å². The van der Waals surface area contributed by atoms with E-state index < -0.39 is 12.2 Å². The van der Waals surface area contributed by atoms with Gasteiger partial charge in [-0.15, -0.1) is 0 Å². The van der Waals surface area contributed by atoms with Crippen molar-refractivity contribution in [1.82, 2.24) is 0 Å². The molecule has 0 spiro atoms. The Morgan fingerprint density at radius 1 is 1.11 bits per heavy atom. The fraction of sp³-hybridized carbons (Fsp3) is 0.600. The number of anilines is 1. The van der Waals surface area contributed by atoms with E-state index in [1.54, 1.807) is 0 Å². The second-order valence-electron chi connectivity index (χ2n) is 5.17. The largest absolute Gasteiger partial charge is 0.396 e. The molecule has 1 aromatic carbocycles. The zero-order valence-corrected chi connectivity index (χ0v) is 11.2. The number of aliphatic hydroxyl groups is 3. The molecule has 2 unspecified atom stereocenters. The zero-order valence-electron chi connectivity index (χ0n) is 11.2. The van der Waals surface area contributed by atoms with E-state index in [4.69, 9.17) is 5.11 Å². The van der Waals surface area contributed by atoms with Crippen molar-refractivity contribution < 1.29 is 15.3 Å². The minimum atomic E-state index is -0.933. The molecular weight excluding hydrogens is 242 g/mol. The molecule has 3 N–H and O–H groups in total. The lowest BCUT2D eigenvalue weighted by atomic mass is 10.0. The number of aliphatic hydroxyl groups excluding tert-OH is 3. The molecule has 106 valence electrons. The van der Waals surface area contributed by atoms with Crippen LogP contribution in [-0.4, -0.2) is 41.1 Å². The minimum absolute atomic E-state index is 0.121. The topological polar surface area (TPSA) is 63.9 Å². The predicted molar refractivity (Wildman–Crippen MR) is 75.2 cm³/mol. The van der Waals surface area contributed by atoms with Crippen molar-refractivity contribution in [3.05, 3.63) is 29.8 Å². The first-order valence-corrected chi connectivity index (χ1v) is 7.04. The third kappa shape index (κ3) is 3.69. The molecule has 4 nitrogen and oxygen atoms in total. The van der Waals surface area contributed by atoms with Crippen molar-refractivity contribution in [2.45, 2.75) is 37.9 Å². The normalized spacial score (nSPS) is 19.2. The average Bonchev–Trinajstić information content (AvgIpc) is 2.48. The lowest BCUT2D eigenvalue weighted by molar-refractivity contribution is 0.00424. The van der Waals surface area contributed by atoms with Crippen LogP contribution in [0.2, 0.25) is 0 Å². The summed E-state index contributed by atoms with van der Waals surface area (Å²) in [4.78, 5) is 2.32. The second kappa shape index (κ2) is 6.89. The summed E-state index contributed by atoms with van der Waals surface area (Å²) in [5.41, 5.74) is 1.82. The van der Waals surface area contributed by atoms with Crippen molar-refractivity contribution in [3.63, 3.8) is 0 Å². The fourth-order valence-electron chi connectivity index (χ4n) is 2.57. The van der Waals surface area contributed by atoms with Crippen molar-refractivity contribution in [1.29, 1.82) is 0 Å². The molecule has 1 saturated heterocycles. The minimum Gasteiger partial charge on any atom is -0.396 e. The van der Waals surface area contributed by atoms with E-state index in [0.29, 0.717) is 5.56 Å². The first-order valence-electron chi connectivity index (χ1n) is 7.04. The van der Waals surface area contributed by atoms with Crippen LogP contribution in [0, 0.1) is 0 Å². The Morgan fingerprint density at radius 2 is 1.84 bits per heavy atom. The quantitative estimate of drug-likeness (QED) is 0.754. The Hall–Kier alpha value is -1.10. The third-order valence-electron chi connectivity index (χ3n) is 3.72. The molecule has 1 aliphatic rings. The lowest BCUT2D eigenvalue weighted by Crippen LogP contribution is -2.29. The highest BCUT2D eigenvalue weighted by Gasteiger charge is 2.19. The van der Waals surface area contributed by atoms with Gasteiger partial charge in [-0.25, -0.2) is 0 Å². The van der Waals surface area contributed by atoms with Crippen LogP contribution in [0.1, 0.15) is 37.4 Å². The predicted octanol–water partition coefficient (Wildman–Crippen LogP) is 1.45. The maximum absolute atomic E-state index is 10.1. The van der Waals surface area contributed by atoms with Gasteiger partial charge >= 0.3 is 0 Å². The summed E-state index contributed by atoms with van der Waals surface area (Å²) in [6, 6.07) is 7.71. The molecule has 0 saturated carbocycles. The maximum atomic E-state index is 10.1. The maximum Gasteiger partial charge on any atom is 0.105 e. The summed E-state index contributed by atoms with van der Waals surface area (Å²) in [5.74, 6) is 0. The molecule has 0 bridgehead atoms. The molecule has 0 aliphatic carbocycles. The van der Waals surface area contributed by atoms with Gasteiger partial charge in [-0.05, 0) is 43.4 Å². The molecule has 0 aromatic heterocycles. The molecule has 1 heterocycles. The van der Waals surface area contributed by atoms with Gasteiger partial charge in [0.05, 0.1) is 6.10 Å². The first-order chi connectivity index (χ1) is 9.22. The smallest absolute Gasteiger partial charge is 0.105 e. The van der Waals surface area contributed by atoms with E-state index in [0.717, 1.165) is 18.8 Å². The van der Waals surface area contributed by atoms with Crippen LogP contribution in [0.15, 0.2) is 24.3 Å². The summed E-state index contributed by atoms with van der Waals surface area (Å²) < 4.78 is 0. The number of nitrogens with zero attached hydrogens (tertiary/aromatic N) is 1. The number of hydrogen-bond acceptors (Lipinski definition) is 4. The van der Waals surface area contributed by atoms with Crippen LogP contribution in [0.25, 0.3) is 0 Å². The molecular formula is C15H23NO3. The van der Waals surface area contributed by atoms with E-state index in [-0.39, 0.29) is 13.0 Å². The highest BCUT2D eigenvalue weighted by atomic mass is 16.3. The van der Waals surface area contributed by atoms with Gasteiger partial charge in [0.2, 0.25) is 0 Å². The van der Waals surface area contributed by atoms with Gasteiger partial charge in [-0.3, -0.25) is 0 Å². The molecule has 1 fully saturated rings. The summed E-state index contributed by atoms with van der Waals surface area (Å²) in [6.45, 7) is 1.99. The van der Waals surface area contributed by atoms with E-state index in [9.17, 15) is 10.2 Å². The molecule has 0 radical (unpaired) electrons. The summed E-state index contributed by atoms with van der Waals surface area (Å²) in [6.07, 6.45) is 2.04. The van der Waals surface area contributed by atoms with Gasteiger partial charge in [0.1, 0.15) is 6.10 Å². The van der Waals surface area contributed by atoms with Gasteiger partial charge in [0.15, 0.2) is 0 Å². The fourth-order valence-corrected chi connectivity index (χ4v) is 2.57. The van der Waals surface area contributed by atoms with Crippen LogP contribution >= 0.6 is 0 Å². The van der Waals surface area contributed by atoms with Crippen molar-refractivity contribution in [2.24, 2.45) is 0 Å². The molecule has 2 rings (SSSR count). The van der Waals surface area contributed by atoms with E-state index in [1.165, 1.54) is 19.3 Å². The van der Waals surface area contributed by atoms with E-state index >= 15 is 0 Å². The number of benzene rings is 1. The van der Waals surface area contributed by atoms with Crippen molar-refractivity contribution in [2.75, 3.05) is 24.6 Å². The first kappa shape index (κ1) is 14.3. The standard InChI is InChI=1S/C15H23NO3/c17-10-7-14(18)15(19)12-5-4-6-13(11-12)16-8-2-1-3-9-16/h4-6,11,14-15,17-19H,1-3,7-10H2. The number of rotatable bonds is 5. The molecule has 0 amide bonds. The highest BCUT2D eigenvalue weighted by Crippen LogP contribution is 2.25. The van der Waals surface area contributed by atoms with Gasteiger partial charge in [0.25, 0.3) is 0 Å². The average molecular weight is 265 g/mol. The number of hydrogen-bond donors (Lipinski definition) is 3. The van der Waals surface area contributed by atoms with Crippen LogP contribution in [0.5, 0.6) is 0 Å². The van der Waals surface area contributed by atoms with Crippen LogP contribution in [0.4, 0.5) is 5.69 Å². The SMILES string of the molecule is OCCC(O)C(O)c1cccc(N2CCCCC2)c1. The van der Waals surface area contributed by atoms with Gasteiger partial charge in [-0.1, -0.05) is 12.1 Å².